The van der Waals surface area contributed by atoms with E-state index < -0.39 is 19.9 Å². The van der Waals surface area contributed by atoms with Gasteiger partial charge in [-0.15, -0.1) is 11.3 Å². The molecule has 2 aromatic carbocycles. The minimum Gasteiger partial charge on any atom is -0.279 e. The first-order valence-electron chi connectivity index (χ1n) is 7.07. The van der Waals surface area contributed by atoms with Gasteiger partial charge >= 0.3 is 0 Å². The number of rotatable bonds is 5. The second-order valence-corrected chi connectivity index (χ2v) is 11.2. The first-order valence-corrected chi connectivity index (χ1v) is 11.6. The standard InChI is InChI=1S/C16H11Cl2NO4S3/c17-11-8-12(18)10-13(9-11)19-26(22,23)16-7-6-15(24-16)25(20,21)14-4-2-1-3-5-14/h1-10,19H. The summed E-state index contributed by atoms with van der Waals surface area (Å²) in [6.45, 7) is 0. The van der Waals surface area contributed by atoms with Gasteiger partial charge in [0.25, 0.3) is 10.0 Å². The van der Waals surface area contributed by atoms with Crippen LogP contribution < -0.4 is 4.72 Å². The highest BCUT2D eigenvalue weighted by atomic mass is 35.5. The van der Waals surface area contributed by atoms with Crippen molar-refractivity contribution in [2.75, 3.05) is 4.72 Å². The van der Waals surface area contributed by atoms with Gasteiger partial charge in [-0.1, -0.05) is 41.4 Å². The molecule has 0 aliphatic heterocycles. The number of sulfonamides is 1. The highest BCUT2D eigenvalue weighted by Gasteiger charge is 2.24. The molecule has 0 saturated heterocycles. The fourth-order valence-electron chi connectivity index (χ4n) is 2.13. The second-order valence-electron chi connectivity index (χ2n) is 5.15. The Morgan fingerprint density at radius 1 is 0.769 bits per heavy atom. The lowest BCUT2D eigenvalue weighted by atomic mass is 10.3. The molecule has 0 spiro atoms. The molecule has 0 bridgehead atoms. The van der Waals surface area contributed by atoms with Crippen molar-refractivity contribution in [2.45, 2.75) is 13.3 Å². The van der Waals surface area contributed by atoms with Crippen LogP contribution >= 0.6 is 34.5 Å². The molecule has 1 aromatic heterocycles. The number of thiophene rings is 1. The van der Waals surface area contributed by atoms with Crippen molar-refractivity contribution in [3.8, 4) is 0 Å². The lowest BCUT2D eigenvalue weighted by Gasteiger charge is -2.07. The largest absolute Gasteiger partial charge is 0.279 e. The van der Waals surface area contributed by atoms with Crippen LogP contribution in [-0.2, 0) is 19.9 Å². The van der Waals surface area contributed by atoms with Crippen molar-refractivity contribution < 1.29 is 16.8 Å². The number of hydrogen-bond acceptors (Lipinski definition) is 5. The van der Waals surface area contributed by atoms with Gasteiger partial charge in [0.05, 0.1) is 10.6 Å². The number of anilines is 1. The number of nitrogens with one attached hydrogen (secondary N) is 1. The summed E-state index contributed by atoms with van der Waals surface area (Å²) in [6, 6.07) is 14.6. The zero-order valence-electron chi connectivity index (χ0n) is 12.9. The fourth-order valence-corrected chi connectivity index (χ4v) is 6.88. The van der Waals surface area contributed by atoms with E-state index >= 15 is 0 Å². The molecule has 3 rings (SSSR count). The summed E-state index contributed by atoms with van der Waals surface area (Å²) in [5, 5.41) is 0.544. The second kappa shape index (κ2) is 7.21. The molecule has 26 heavy (non-hydrogen) atoms. The van der Waals surface area contributed by atoms with Crippen LogP contribution in [0.3, 0.4) is 0 Å². The summed E-state index contributed by atoms with van der Waals surface area (Å²) in [4.78, 5) is 0.0976. The van der Waals surface area contributed by atoms with Gasteiger partial charge in [-0.3, -0.25) is 4.72 Å². The summed E-state index contributed by atoms with van der Waals surface area (Å²) in [5.41, 5.74) is 0.184. The lowest BCUT2D eigenvalue weighted by molar-refractivity contribution is 0.597. The average Bonchev–Trinajstić information content (AvgIpc) is 3.06. The van der Waals surface area contributed by atoms with Crippen molar-refractivity contribution in [1.82, 2.24) is 0 Å². The van der Waals surface area contributed by atoms with E-state index in [0.717, 1.165) is 0 Å². The van der Waals surface area contributed by atoms with E-state index in [1.54, 1.807) is 18.2 Å². The summed E-state index contributed by atoms with van der Waals surface area (Å²) in [5.74, 6) is 0. The Morgan fingerprint density at radius 2 is 1.35 bits per heavy atom. The monoisotopic (exact) mass is 447 g/mol. The van der Waals surface area contributed by atoms with Crippen LogP contribution in [0.4, 0.5) is 5.69 Å². The Balaban J connectivity index is 1.94. The first kappa shape index (κ1) is 19.2. The predicted octanol–water partition coefficient (Wildman–Crippen LogP) is 4.69. The topological polar surface area (TPSA) is 80.3 Å². The maximum atomic E-state index is 12.6. The zero-order valence-corrected chi connectivity index (χ0v) is 16.8. The molecule has 0 aliphatic carbocycles. The summed E-state index contributed by atoms with van der Waals surface area (Å²) in [7, 11) is -7.76. The quantitative estimate of drug-likeness (QED) is 0.614. The van der Waals surface area contributed by atoms with Crippen LogP contribution in [0.5, 0.6) is 0 Å². The molecule has 0 atom stereocenters. The van der Waals surface area contributed by atoms with Crippen molar-refractivity contribution in [3.63, 3.8) is 0 Å². The van der Waals surface area contributed by atoms with E-state index in [9.17, 15) is 16.8 Å². The van der Waals surface area contributed by atoms with Gasteiger partial charge in [0.1, 0.15) is 8.42 Å². The van der Waals surface area contributed by atoms with Crippen molar-refractivity contribution in [1.29, 1.82) is 0 Å². The number of benzene rings is 2. The molecule has 1 N–H and O–H groups in total. The van der Waals surface area contributed by atoms with Gasteiger partial charge in [-0.25, -0.2) is 16.8 Å². The smallest absolute Gasteiger partial charge is 0.271 e. The Bertz CT molecular complexity index is 1140. The summed E-state index contributed by atoms with van der Waals surface area (Å²) < 4.78 is 52.3. The average molecular weight is 448 g/mol. The van der Waals surface area contributed by atoms with Gasteiger partial charge in [0.15, 0.2) is 0 Å². The lowest BCUT2D eigenvalue weighted by Crippen LogP contribution is -2.11. The minimum atomic E-state index is -3.98. The predicted molar refractivity (Wildman–Crippen MR) is 103 cm³/mol. The van der Waals surface area contributed by atoms with Crippen LogP contribution in [-0.4, -0.2) is 16.8 Å². The van der Waals surface area contributed by atoms with Gasteiger partial charge in [-0.05, 0) is 42.5 Å². The van der Waals surface area contributed by atoms with E-state index in [-0.39, 0.29) is 29.0 Å². The van der Waals surface area contributed by atoms with Gasteiger partial charge in [-0.2, -0.15) is 0 Å². The molecule has 1 heterocycles. The van der Waals surface area contributed by atoms with Gasteiger partial charge < -0.3 is 0 Å². The molecule has 0 radical (unpaired) electrons. The first-order chi connectivity index (χ1) is 12.2. The molecule has 0 unspecified atom stereocenters. The molecule has 0 aliphatic rings. The molecular formula is C16H11Cl2NO4S3. The molecule has 136 valence electrons. The van der Waals surface area contributed by atoms with E-state index in [0.29, 0.717) is 11.3 Å². The van der Waals surface area contributed by atoms with E-state index in [2.05, 4.69) is 4.72 Å². The third-order valence-corrected chi connectivity index (χ3v) is 8.91. The van der Waals surface area contributed by atoms with E-state index in [1.807, 2.05) is 0 Å². The molecule has 0 amide bonds. The van der Waals surface area contributed by atoms with Gasteiger partial charge in [0, 0.05) is 10.0 Å². The Morgan fingerprint density at radius 3 is 1.96 bits per heavy atom. The summed E-state index contributed by atoms with van der Waals surface area (Å²) >= 11 is 12.4. The zero-order chi connectivity index (χ0) is 18.9. The van der Waals surface area contributed by atoms with Crippen molar-refractivity contribution in [2.24, 2.45) is 0 Å². The molecule has 3 aromatic rings. The van der Waals surface area contributed by atoms with Crippen LogP contribution in [0.25, 0.3) is 0 Å². The molecule has 10 heteroatoms. The Kier molecular flexibility index (Phi) is 5.32. The molecule has 0 fully saturated rings. The highest BCUT2D eigenvalue weighted by molar-refractivity contribution is 7.96. The SMILES string of the molecule is O=S(=O)(Nc1cc(Cl)cc(Cl)c1)c1ccc(S(=O)(=O)c2ccccc2)s1. The molecule has 0 saturated carbocycles. The number of hydrogen-bond donors (Lipinski definition) is 1. The van der Waals surface area contributed by atoms with Crippen molar-refractivity contribution in [3.05, 3.63) is 70.7 Å². The highest BCUT2D eigenvalue weighted by Crippen LogP contribution is 2.32. The fraction of sp³-hybridized carbons (Fsp3) is 0. The molecule has 5 nitrogen and oxygen atoms in total. The van der Waals surface area contributed by atoms with Crippen molar-refractivity contribution >= 4 is 60.1 Å². The third kappa shape index (κ3) is 4.05. The number of sulfone groups is 1. The van der Waals surface area contributed by atoms with Crippen LogP contribution in [0.1, 0.15) is 0 Å². The number of halogens is 2. The normalized spacial score (nSPS) is 12.1. The van der Waals surface area contributed by atoms with Crippen LogP contribution in [0, 0.1) is 0 Å². The van der Waals surface area contributed by atoms with E-state index in [4.69, 9.17) is 23.2 Å². The Hall–Kier alpha value is -1.58. The van der Waals surface area contributed by atoms with Crippen LogP contribution in [0.15, 0.2) is 74.0 Å². The maximum absolute atomic E-state index is 12.6. The Labute approximate surface area is 165 Å². The molecular weight excluding hydrogens is 437 g/mol. The third-order valence-electron chi connectivity index (χ3n) is 3.25. The van der Waals surface area contributed by atoms with E-state index in [1.165, 1.54) is 42.5 Å². The van der Waals surface area contributed by atoms with Crippen LogP contribution in [0.2, 0.25) is 10.0 Å². The maximum Gasteiger partial charge on any atom is 0.271 e. The summed E-state index contributed by atoms with van der Waals surface area (Å²) in [6.07, 6.45) is 0. The minimum absolute atomic E-state index is 0.0619. The van der Waals surface area contributed by atoms with Gasteiger partial charge in [0.2, 0.25) is 9.84 Å².